The van der Waals surface area contributed by atoms with E-state index in [2.05, 4.69) is 10.3 Å². The summed E-state index contributed by atoms with van der Waals surface area (Å²) in [6, 6.07) is 10.7. The summed E-state index contributed by atoms with van der Waals surface area (Å²) in [5, 5.41) is 12.4. The van der Waals surface area contributed by atoms with Crippen molar-refractivity contribution in [2.75, 3.05) is 19.8 Å². The molecule has 0 spiro atoms. The number of aliphatic carboxylic acids is 1. The van der Waals surface area contributed by atoms with Crippen LogP contribution >= 0.6 is 23.2 Å². The average molecular weight is 493 g/mol. The van der Waals surface area contributed by atoms with Gasteiger partial charge in [-0.2, -0.15) is 0 Å². The highest BCUT2D eigenvalue weighted by atomic mass is 35.5. The van der Waals surface area contributed by atoms with Crippen molar-refractivity contribution in [2.45, 2.75) is 38.1 Å². The Morgan fingerprint density at radius 3 is 2.45 bits per heavy atom. The highest BCUT2D eigenvalue weighted by Crippen LogP contribution is 2.24. The summed E-state index contributed by atoms with van der Waals surface area (Å²) in [7, 11) is 0. The molecule has 3 rings (SSSR count). The molecule has 0 radical (unpaired) electrons. The van der Waals surface area contributed by atoms with Crippen molar-refractivity contribution >= 4 is 41.0 Å². The van der Waals surface area contributed by atoms with Gasteiger partial charge in [0.15, 0.2) is 5.90 Å². The lowest BCUT2D eigenvalue weighted by molar-refractivity contribution is -0.139. The number of benzene rings is 2. The number of aliphatic imine (C=N–C) groups is 1. The van der Waals surface area contributed by atoms with Gasteiger partial charge in [-0.25, -0.2) is 4.79 Å². The van der Waals surface area contributed by atoms with Gasteiger partial charge in [0.1, 0.15) is 18.4 Å². The molecule has 1 aliphatic rings. The normalized spacial score (nSPS) is 13.7. The van der Waals surface area contributed by atoms with E-state index in [-0.39, 0.29) is 22.0 Å². The third kappa shape index (κ3) is 7.65. The summed E-state index contributed by atoms with van der Waals surface area (Å²) in [4.78, 5) is 28.5. The molecule has 7 nitrogen and oxygen atoms in total. The summed E-state index contributed by atoms with van der Waals surface area (Å²) in [5.74, 6) is -0.219. The highest BCUT2D eigenvalue weighted by Gasteiger charge is 2.23. The van der Waals surface area contributed by atoms with Crippen LogP contribution in [0.5, 0.6) is 5.75 Å². The van der Waals surface area contributed by atoms with Gasteiger partial charge in [-0.15, -0.1) is 0 Å². The fourth-order valence-corrected chi connectivity index (χ4v) is 3.95. The third-order valence-electron chi connectivity index (χ3n) is 5.11. The zero-order chi connectivity index (χ0) is 23.6. The number of hydrogen-bond acceptors (Lipinski definition) is 5. The van der Waals surface area contributed by atoms with Crippen LogP contribution < -0.4 is 10.1 Å². The van der Waals surface area contributed by atoms with Crippen molar-refractivity contribution < 1.29 is 24.2 Å². The summed E-state index contributed by atoms with van der Waals surface area (Å²) < 4.78 is 11.1. The van der Waals surface area contributed by atoms with Gasteiger partial charge in [0, 0.05) is 12.8 Å². The number of nitrogens with zero attached hydrogens (tertiary/aromatic N) is 1. The molecule has 176 valence electrons. The Morgan fingerprint density at radius 2 is 1.82 bits per heavy atom. The SMILES string of the molecule is O=C(N[C@@H](Cc1ccc(OCCCCCC2=NCCO2)cc1)C(=O)O)c1c(Cl)cccc1Cl. The molecule has 1 heterocycles. The van der Waals surface area contributed by atoms with Gasteiger partial charge in [0.2, 0.25) is 0 Å². The number of carbonyl (C=O) groups is 2. The quantitative estimate of drug-likeness (QED) is 0.415. The van der Waals surface area contributed by atoms with Crippen molar-refractivity contribution in [3.8, 4) is 5.75 Å². The molecule has 2 aromatic rings. The van der Waals surface area contributed by atoms with Crippen molar-refractivity contribution in [3.63, 3.8) is 0 Å². The molecule has 1 aliphatic heterocycles. The van der Waals surface area contributed by atoms with Crippen LogP contribution in [0.3, 0.4) is 0 Å². The van der Waals surface area contributed by atoms with Crippen LogP contribution in [0.25, 0.3) is 0 Å². The first-order valence-electron chi connectivity index (χ1n) is 10.8. The van der Waals surface area contributed by atoms with Crippen LogP contribution in [0.15, 0.2) is 47.5 Å². The maximum absolute atomic E-state index is 12.5. The van der Waals surface area contributed by atoms with E-state index < -0.39 is 17.9 Å². The Bertz CT molecular complexity index is 975. The number of rotatable bonds is 12. The summed E-state index contributed by atoms with van der Waals surface area (Å²) in [6.45, 7) is 2.06. The maximum Gasteiger partial charge on any atom is 0.326 e. The molecule has 0 unspecified atom stereocenters. The molecule has 1 amide bonds. The fourth-order valence-electron chi connectivity index (χ4n) is 3.38. The monoisotopic (exact) mass is 492 g/mol. The van der Waals surface area contributed by atoms with E-state index in [1.165, 1.54) is 12.1 Å². The van der Waals surface area contributed by atoms with Crippen molar-refractivity contribution in [1.29, 1.82) is 0 Å². The minimum absolute atomic E-state index is 0.0552. The molecular weight excluding hydrogens is 467 g/mol. The number of unbranched alkanes of at least 4 members (excludes halogenated alkanes) is 2. The number of amides is 1. The van der Waals surface area contributed by atoms with Crippen molar-refractivity contribution in [2.24, 2.45) is 4.99 Å². The molecule has 0 fully saturated rings. The Balaban J connectivity index is 1.45. The predicted molar refractivity (Wildman–Crippen MR) is 128 cm³/mol. The van der Waals surface area contributed by atoms with Gasteiger partial charge in [-0.3, -0.25) is 9.79 Å². The lowest BCUT2D eigenvalue weighted by Gasteiger charge is -2.16. The molecule has 0 saturated heterocycles. The van der Waals surface area contributed by atoms with Gasteiger partial charge < -0.3 is 19.9 Å². The first-order valence-corrected chi connectivity index (χ1v) is 11.5. The topological polar surface area (TPSA) is 97.2 Å². The Morgan fingerprint density at radius 1 is 1.09 bits per heavy atom. The molecule has 9 heteroatoms. The molecule has 33 heavy (non-hydrogen) atoms. The number of halogens is 2. The zero-order valence-corrected chi connectivity index (χ0v) is 19.6. The summed E-state index contributed by atoms with van der Waals surface area (Å²) >= 11 is 12.1. The fraction of sp³-hybridized carbons (Fsp3) is 0.375. The van der Waals surface area contributed by atoms with E-state index in [9.17, 15) is 14.7 Å². The predicted octanol–water partition coefficient (Wildman–Crippen LogP) is 4.79. The number of hydrogen-bond donors (Lipinski definition) is 2. The lowest BCUT2D eigenvalue weighted by atomic mass is 10.1. The van der Waals surface area contributed by atoms with Crippen LogP contribution in [0.2, 0.25) is 10.0 Å². The van der Waals surface area contributed by atoms with E-state index >= 15 is 0 Å². The minimum Gasteiger partial charge on any atom is -0.494 e. The van der Waals surface area contributed by atoms with E-state index in [1.54, 1.807) is 30.3 Å². The Kier molecular flexibility index (Phi) is 9.39. The van der Waals surface area contributed by atoms with E-state index in [0.717, 1.165) is 43.7 Å². The van der Waals surface area contributed by atoms with Crippen molar-refractivity contribution in [3.05, 3.63) is 63.6 Å². The second-order valence-electron chi connectivity index (χ2n) is 7.59. The molecule has 0 aliphatic carbocycles. The second kappa shape index (κ2) is 12.5. The molecule has 2 N–H and O–H groups in total. The summed E-state index contributed by atoms with van der Waals surface area (Å²) in [6.07, 6.45) is 3.94. The Hall–Kier alpha value is -2.77. The van der Waals surface area contributed by atoms with Crippen molar-refractivity contribution in [1.82, 2.24) is 5.32 Å². The molecule has 1 atom stereocenters. The first kappa shape index (κ1) is 24.9. The van der Waals surface area contributed by atoms with Crippen LogP contribution in [-0.4, -0.2) is 48.7 Å². The third-order valence-corrected chi connectivity index (χ3v) is 5.74. The highest BCUT2D eigenvalue weighted by molar-refractivity contribution is 6.39. The number of ether oxygens (including phenoxy) is 2. The lowest BCUT2D eigenvalue weighted by Crippen LogP contribution is -2.42. The standard InChI is InChI=1S/C24H26Cl2N2O5/c25-18-5-4-6-19(26)22(18)23(29)28-20(24(30)31)15-16-8-10-17(11-9-16)32-13-3-1-2-7-21-27-12-14-33-21/h4-6,8-11,20H,1-3,7,12-15H2,(H,28,29)(H,30,31)/t20-/m0/s1. The van der Waals surface area contributed by atoms with Gasteiger partial charge in [-0.1, -0.05) is 41.4 Å². The second-order valence-corrected chi connectivity index (χ2v) is 8.41. The molecular formula is C24H26Cl2N2O5. The van der Waals surface area contributed by atoms with E-state index in [1.807, 2.05) is 0 Å². The first-order chi connectivity index (χ1) is 15.9. The molecule has 0 saturated carbocycles. The number of carboxylic acid groups (broad SMARTS) is 1. The average Bonchev–Trinajstić information content (AvgIpc) is 3.30. The zero-order valence-electron chi connectivity index (χ0n) is 18.1. The molecule has 0 bridgehead atoms. The van der Waals surface area contributed by atoms with E-state index in [4.69, 9.17) is 32.7 Å². The smallest absolute Gasteiger partial charge is 0.326 e. The van der Waals surface area contributed by atoms with Gasteiger partial charge >= 0.3 is 5.97 Å². The van der Waals surface area contributed by atoms with Crippen LogP contribution in [0.4, 0.5) is 0 Å². The maximum atomic E-state index is 12.5. The van der Waals surface area contributed by atoms with Crippen LogP contribution in [0, 0.1) is 0 Å². The largest absolute Gasteiger partial charge is 0.494 e. The summed E-state index contributed by atoms with van der Waals surface area (Å²) in [5.41, 5.74) is 0.803. The van der Waals surface area contributed by atoms with Gasteiger partial charge in [-0.05, 0) is 49.1 Å². The Labute approximate surface area is 202 Å². The number of carbonyl (C=O) groups excluding carboxylic acids is 1. The van der Waals surface area contributed by atoms with Gasteiger partial charge in [0.05, 0.1) is 28.8 Å². The van der Waals surface area contributed by atoms with Crippen LogP contribution in [-0.2, 0) is 16.0 Å². The van der Waals surface area contributed by atoms with Crippen LogP contribution in [0.1, 0.15) is 41.6 Å². The minimum atomic E-state index is -1.15. The van der Waals surface area contributed by atoms with E-state index in [0.29, 0.717) is 19.0 Å². The molecule has 2 aromatic carbocycles. The number of carboxylic acids is 1. The molecule has 0 aromatic heterocycles. The van der Waals surface area contributed by atoms with Gasteiger partial charge in [0.25, 0.3) is 5.91 Å². The number of nitrogens with one attached hydrogen (secondary N) is 1.